The zero-order valence-corrected chi connectivity index (χ0v) is 20.8. The number of amides is 1. The number of ether oxygens (including phenoxy) is 1. The number of carbonyl (C=O) groups is 2. The maximum atomic E-state index is 12.9. The number of rotatable bonds is 6. The molecular formula is C26H23ClN2O4S. The first-order chi connectivity index (χ1) is 16.2. The molecule has 0 unspecified atom stereocenters. The minimum absolute atomic E-state index is 0.101. The van der Waals surface area contributed by atoms with Crippen LogP contribution in [0.2, 0.25) is 5.02 Å². The topological polar surface area (TPSA) is 77.4 Å². The van der Waals surface area contributed by atoms with Crippen LogP contribution in [-0.4, -0.2) is 22.8 Å². The lowest BCUT2D eigenvalue weighted by Gasteiger charge is -2.15. The summed E-state index contributed by atoms with van der Waals surface area (Å²) >= 11 is 7.55. The van der Waals surface area contributed by atoms with Gasteiger partial charge >= 0.3 is 0 Å². The van der Waals surface area contributed by atoms with Gasteiger partial charge in [0.25, 0.3) is 11.5 Å². The minimum Gasteiger partial charge on any atom is -0.455 e. The van der Waals surface area contributed by atoms with Gasteiger partial charge in [0.1, 0.15) is 16.2 Å². The number of benzene rings is 2. The molecule has 0 radical (unpaired) electrons. The van der Waals surface area contributed by atoms with Crippen molar-refractivity contribution in [2.45, 2.75) is 20.8 Å². The van der Waals surface area contributed by atoms with E-state index in [1.54, 1.807) is 43.6 Å². The Kier molecular flexibility index (Phi) is 6.59. The quantitative estimate of drug-likeness (QED) is 0.335. The van der Waals surface area contributed by atoms with Crippen LogP contribution in [0.5, 0.6) is 11.5 Å². The van der Waals surface area contributed by atoms with Crippen LogP contribution in [0.25, 0.3) is 21.2 Å². The number of aromatic nitrogens is 1. The van der Waals surface area contributed by atoms with Crippen LogP contribution in [0.3, 0.4) is 0 Å². The van der Waals surface area contributed by atoms with E-state index in [4.69, 9.17) is 16.3 Å². The van der Waals surface area contributed by atoms with Gasteiger partial charge in [-0.3, -0.25) is 14.4 Å². The number of halogens is 1. The molecule has 0 fully saturated rings. The number of ketones is 1. The largest absolute Gasteiger partial charge is 0.455 e. The normalized spacial score (nSPS) is 11.0. The molecule has 8 heteroatoms. The summed E-state index contributed by atoms with van der Waals surface area (Å²) in [6.45, 7) is 5.74. The Hall–Kier alpha value is -3.42. The average Bonchev–Trinajstić information content (AvgIpc) is 3.24. The highest BCUT2D eigenvalue weighted by Crippen LogP contribution is 2.40. The summed E-state index contributed by atoms with van der Waals surface area (Å²) in [5.74, 6) is 0.604. The molecule has 2 heterocycles. The standard InChI is InChI=1S/C26H23ClN2O4S/c1-5-28-25(31)23-12-18-19(13-29(4)26(32)24(18)34-23)17-11-16(15(3)30)7-9-21(17)33-22-8-6-14(2)10-20(22)27/h6-13H,5H2,1-4H3,(H,28,31). The second-order valence-corrected chi connectivity index (χ2v) is 9.43. The molecule has 0 atom stereocenters. The first kappa shape index (κ1) is 23.7. The van der Waals surface area contributed by atoms with Crippen LogP contribution >= 0.6 is 22.9 Å². The maximum absolute atomic E-state index is 12.9. The van der Waals surface area contributed by atoms with Crippen molar-refractivity contribution in [3.63, 3.8) is 0 Å². The van der Waals surface area contributed by atoms with Crippen molar-refractivity contribution in [3.05, 3.63) is 80.0 Å². The van der Waals surface area contributed by atoms with Crippen LogP contribution in [0.4, 0.5) is 0 Å². The van der Waals surface area contributed by atoms with E-state index < -0.39 is 0 Å². The Morgan fingerprint density at radius 2 is 1.82 bits per heavy atom. The highest BCUT2D eigenvalue weighted by molar-refractivity contribution is 7.20. The van der Waals surface area contributed by atoms with Crippen molar-refractivity contribution in [2.24, 2.45) is 7.05 Å². The summed E-state index contributed by atoms with van der Waals surface area (Å²) < 4.78 is 8.11. The van der Waals surface area contributed by atoms with E-state index in [1.807, 2.05) is 26.0 Å². The Labute approximate surface area is 205 Å². The van der Waals surface area contributed by atoms with E-state index >= 15 is 0 Å². The number of aryl methyl sites for hydroxylation is 2. The first-order valence-electron chi connectivity index (χ1n) is 10.7. The molecular weight excluding hydrogens is 472 g/mol. The van der Waals surface area contributed by atoms with Crippen molar-refractivity contribution >= 4 is 44.7 Å². The summed E-state index contributed by atoms with van der Waals surface area (Å²) in [4.78, 5) is 38.0. The summed E-state index contributed by atoms with van der Waals surface area (Å²) in [6, 6.07) is 12.4. The molecule has 4 rings (SSSR count). The third-order valence-electron chi connectivity index (χ3n) is 5.40. The fraction of sp³-hybridized carbons (Fsp3) is 0.192. The van der Waals surface area contributed by atoms with E-state index in [-0.39, 0.29) is 17.2 Å². The molecule has 1 amide bonds. The van der Waals surface area contributed by atoms with E-state index in [9.17, 15) is 14.4 Å². The Bertz CT molecular complexity index is 1500. The summed E-state index contributed by atoms with van der Waals surface area (Å²) in [7, 11) is 1.66. The summed E-state index contributed by atoms with van der Waals surface area (Å²) in [6.07, 6.45) is 1.70. The zero-order chi connectivity index (χ0) is 24.6. The second-order valence-electron chi connectivity index (χ2n) is 7.97. The SMILES string of the molecule is CCNC(=O)c1cc2c(-c3cc(C(C)=O)ccc3Oc3ccc(C)cc3Cl)cn(C)c(=O)c2s1. The fourth-order valence-electron chi connectivity index (χ4n) is 3.66. The molecule has 174 valence electrons. The molecule has 0 spiro atoms. The molecule has 4 aromatic rings. The van der Waals surface area contributed by atoms with Crippen molar-refractivity contribution < 1.29 is 14.3 Å². The number of fused-ring (bicyclic) bond motifs is 1. The lowest BCUT2D eigenvalue weighted by Crippen LogP contribution is -2.21. The summed E-state index contributed by atoms with van der Waals surface area (Å²) in [5.41, 5.74) is 2.58. The van der Waals surface area contributed by atoms with Gasteiger partial charge in [-0.05, 0) is 62.7 Å². The van der Waals surface area contributed by atoms with Crippen LogP contribution in [0.15, 0.2) is 53.5 Å². The van der Waals surface area contributed by atoms with E-state index in [0.717, 1.165) is 16.9 Å². The van der Waals surface area contributed by atoms with Gasteiger partial charge in [0, 0.05) is 41.9 Å². The molecule has 2 aromatic heterocycles. The second kappa shape index (κ2) is 9.44. The van der Waals surface area contributed by atoms with Crippen molar-refractivity contribution in [1.29, 1.82) is 0 Å². The molecule has 6 nitrogen and oxygen atoms in total. The van der Waals surface area contributed by atoms with Crippen LogP contribution in [0.1, 0.15) is 39.4 Å². The predicted molar refractivity (Wildman–Crippen MR) is 137 cm³/mol. The molecule has 0 aliphatic rings. The molecule has 2 aromatic carbocycles. The average molecular weight is 495 g/mol. The number of pyridine rings is 1. The molecule has 0 aliphatic heterocycles. The number of hydrogen-bond acceptors (Lipinski definition) is 5. The molecule has 0 saturated heterocycles. The zero-order valence-electron chi connectivity index (χ0n) is 19.2. The van der Waals surface area contributed by atoms with Gasteiger partial charge < -0.3 is 14.6 Å². The van der Waals surface area contributed by atoms with E-state index in [2.05, 4.69) is 5.32 Å². The van der Waals surface area contributed by atoms with Crippen LogP contribution < -0.4 is 15.6 Å². The number of Topliss-reactive ketones (excluding diaryl/α,β-unsaturated/α-hetero) is 1. The molecule has 0 aliphatic carbocycles. The van der Waals surface area contributed by atoms with Crippen LogP contribution in [-0.2, 0) is 7.05 Å². The van der Waals surface area contributed by atoms with Crippen molar-refractivity contribution in [1.82, 2.24) is 9.88 Å². The van der Waals surface area contributed by atoms with Gasteiger partial charge in [0.05, 0.1) is 9.90 Å². The maximum Gasteiger partial charge on any atom is 0.268 e. The monoisotopic (exact) mass is 494 g/mol. The van der Waals surface area contributed by atoms with Gasteiger partial charge in [0.15, 0.2) is 5.78 Å². The van der Waals surface area contributed by atoms with Crippen LogP contribution in [0, 0.1) is 6.92 Å². The van der Waals surface area contributed by atoms with Gasteiger partial charge in [-0.1, -0.05) is 17.7 Å². The number of carbonyl (C=O) groups excluding carboxylic acids is 2. The Morgan fingerprint density at radius 1 is 1.09 bits per heavy atom. The lowest BCUT2D eigenvalue weighted by molar-refractivity contribution is 0.0958. The fourth-order valence-corrected chi connectivity index (χ4v) is 5.01. The lowest BCUT2D eigenvalue weighted by atomic mass is 9.99. The molecule has 1 N–H and O–H groups in total. The van der Waals surface area contributed by atoms with Gasteiger partial charge in [-0.15, -0.1) is 11.3 Å². The Balaban J connectivity index is 1.96. The Morgan fingerprint density at radius 3 is 2.50 bits per heavy atom. The number of nitrogens with zero attached hydrogens (tertiary/aromatic N) is 1. The van der Waals surface area contributed by atoms with Crippen molar-refractivity contribution in [2.75, 3.05) is 6.54 Å². The number of thiophene rings is 1. The third-order valence-corrected chi connectivity index (χ3v) is 6.82. The highest BCUT2D eigenvalue weighted by atomic mass is 35.5. The number of hydrogen-bond donors (Lipinski definition) is 1. The van der Waals surface area contributed by atoms with E-state index in [0.29, 0.717) is 54.7 Å². The molecule has 0 bridgehead atoms. The van der Waals surface area contributed by atoms with Gasteiger partial charge in [-0.25, -0.2) is 0 Å². The third kappa shape index (κ3) is 4.49. The van der Waals surface area contributed by atoms with Gasteiger partial charge in [-0.2, -0.15) is 0 Å². The molecule has 34 heavy (non-hydrogen) atoms. The van der Waals surface area contributed by atoms with E-state index in [1.165, 1.54) is 11.5 Å². The summed E-state index contributed by atoms with van der Waals surface area (Å²) in [5, 5.41) is 3.85. The number of nitrogens with one attached hydrogen (secondary N) is 1. The highest BCUT2D eigenvalue weighted by Gasteiger charge is 2.20. The van der Waals surface area contributed by atoms with Crippen molar-refractivity contribution in [3.8, 4) is 22.6 Å². The smallest absolute Gasteiger partial charge is 0.268 e. The minimum atomic E-state index is -0.239. The molecule has 0 saturated carbocycles. The predicted octanol–water partition coefficient (Wildman–Crippen LogP) is 5.97. The van der Waals surface area contributed by atoms with Gasteiger partial charge in [0.2, 0.25) is 0 Å². The first-order valence-corrected chi connectivity index (χ1v) is 11.9.